The second kappa shape index (κ2) is 7.32. The number of carbonyl (C=O) groups excluding carboxylic acids is 1. The van der Waals surface area contributed by atoms with Crippen molar-refractivity contribution in [1.82, 2.24) is 0 Å². The Morgan fingerprint density at radius 2 is 1.91 bits per heavy atom. The minimum Gasteiger partial charge on any atom is -0.480 e. The normalized spacial score (nSPS) is 12.0. The molecule has 1 atom stereocenters. The highest BCUT2D eigenvalue weighted by atomic mass is 35.5. The Labute approximate surface area is 136 Å². The molecule has 3 nitrogen and oxygen atoms in total. The van der Waals surface area contributed by atoms with Crippen LogP contribution in [0, 0.1) is 6.92 Å². The first-order valence-electron chi connectivity index (χ1n) is 7.34. The maximum absolute atomic E-state index is 12.6. The molecule has 0 radical (unpaired) electrons. The standard InChI is InChI=1S/C18H20ClNO2/c1-3-4-17(18(21)13-6-8-14(19)9-7-13)22-16-10-5-12(2)11-15(16)20/h5-11,17H,3-4,20H2,1-2H3. The van der Waals surface area contributed by atoms with Crippen LogP contribution in [-0.4, -0.2) is 11.9 Å². The maximum atomic E-state index is 12.6. The van der Waals surface area contributed by atoms with Crippen LogP contribution in [0.2, 0.25) is 5.02 Å². The van der Waals surface area contributed by atoms with Gasteiger partial charge in [0.15, 0.2) is 6.10 Å². The van der Waals surface area contributed by atoms with E-state index in [9.17, 15) is 4.79 Å². The fraction of sp³-hybridized carbons (Fsp3) is 0.278. The number of nitrogen functional groups attached to an aromatic ring is 1. The number of ether oxygens (including phenoxy) is 1. The quantitative estimate of drug-likeness (QED) is 0.622. The number of benzene rings is 2. The molecule has 0 spiro atoms. The van der Waals surface area contributed by atoms with Crippen molar-refractivity contribution in [3.8, 4) is 5.75 Å². The van der Waals surface area contributed by atoms with Gasteiger partial charge in [-0.3, -0.25) is 4.79 Å². The highest BCUT2D eigenvalue weighted by Gasteiger charge is 2.22. The summed E-state index contributed by atoms with van der Waals surface area (Å²) in [6.45, 7) is 3.98. The first kappa shape index (κ1) is 16.4. The van der Waals surface area contributed by atoms with Crippen LogP contribution in [0.1, 0.15) is 35.7 Å². The van der Waals surface area contributed by atoms with Gasteiger partial charge in [-0.2, -0.15) is 0 Å². The first-order chi connectivity index (χ1) is 10.5. The van der Waals surface area contributed by atoms with Gasteiger partial charge in [0.2, 0.25) is 5.78 Å². The zero-order valence-electron chi connectivity index (χ0n) is 12.8. The van der Waals surface area contributed by atoms with Gasteiger partial charge in [0, 0.05) is 10.6 Å². The smallest absolute Gasteiger partial charge is 0.203 e. The molecule has 0 heterocycles. The van der Waals surface area contributed by atoms with E-state index in [4.69, 9.17) is 22.1 Å². The number of ketones is 1. The van der Waals surface area contributed by atoms with E-state index in [1.165, 1.54) is 0 Å². The first-order valence-corrected chi connectivity index (χ1v) is 7.71. The topological polar surface area (TPSA) is 52.3 Å². The number of Topliss-reactive ketones (excluding diaryl/α,β-unsaturated/α-hetero) is 1. The predicted octanol–water partition coefficient (Wildman–Crippen LogP) is 4.66. The number of hydrogen-bond donors (Lipinski definition) is 1. The van der Waals surface area contributed by atoms with E-state index in [2.05, 4.69) is 0 Å². The SMILES string of the molecule is CCCC(Oc1ccc(C)cc1N)C(=O)c1ccc(Cl)cc1. The third-order valence-electron chi connectivity index (χ3n) is 3.41. The van der Waals surface area contributed by atoms with Gasteiger partial charge in [0.1, 0.15) is 5.75 Å². The van der Waals surface area contributed by atoms with Gasteiger partial charge in [0.25, 0.3) is 0 Å². The largest absolute Gasteiger partial charge is 0.480 e. The summed E-state index contributed by atoms with van der Waals surface area (Å²) < 4.78 is 5.88. The second-order valence-electron chi connectivity index (χ2n) is 5.31. The molecule has 4 heteroatoms. The van der Waals surface area contributed by atoms with E-state index in [1.54, 1.807) is 24.3 Å². The Hall–Kier alpha value is -2.00. The zero-order chi connectivity index (χ0) is 16.1. The lowest BCUT2D eigenvalue weighted by Crippen LogP contribution is -2.27. The third kappa shape index (κ3) is 4.01. The molecule has 116 valence electrons. The van der Waals surface area contributed by atoms with Crippen LogP contribution in [-0.2, 0) is 0 Å². The number of aryl methyl sites for hydroxylation is 1. The van der Waals surface area contributed by atoms with Crippen LogP contribution in [0.4, 0.5) is 5.69 Å². The van der Waals surface area contributed by atoms with Crippen LogP contribution in [0.25, 0.3) is 0 Å². The maximum Gasteiger partial charge on any atom is 0.203 e. The number of hydrogen-bond acceptors (Lipinski definition) is 3. The molecule has 0 amide bonds. The second-order valence-corrected chi connectivity index (χ2v) is 5.74. The highest BCUT2D eigenvalue weighted by molar-refractivity contribution is 6.30. The van der Waals surface area contributed by atoms with E-state index in [0.717, 1.165) is 12.0 Å². The molecular formula is C18H20ClNO2. The molecule has 2 rings (SSSR count). The zero-order valence-corrected chi connectivity index (χ0v) is 13.6. The summed E-state index contributed by atoms with van der Waals surface area (Å²) in [6, 6.07) is 12.4. The lowest BCUT2D eigenvalue weighted by Gasteiger charge is -2.19. The lowest BCUT2D eigenvalue weighted by atomic mass is 10.0. The van der Waals surface area contributed by atoms with Crippen LogP contribution < -0.4 is 10.5 Å². The number of carbonyl (C=O) groups is 1. The van der Waals surface area contributed by atoms with Gasteiger partial charge >= 0.3 is 0 Å². The fourth-order valence-corrected chi connectivity index (χ4v) is 2.36. The molecule has 0 aromatic heterocycles. The highest BCUT2D eigenvalue weighted by Crippen LogP contribution is 2.25. The average molecular weight is 318 g/mol. The van der Waals surface area contributed by atoms with Gasteiger partial charge in [0.05, 0.1) is 5.69 Å². The molecule has 0 saturated heterocycles. The van der Waals surface area contributed by atoms with Crippen molar-refractivity contribution in [2.45, 2.75) is 32.8 Å². The summed E-state index contributed by atoms with van der Waals surface area (Å²) in [7, 11) is 0. The molecule has 0 aliphatic rings. The molecule has 1 unspecified atom stereocenters. The summed E-state index contributed by atoms with van der Waals surface area (Å²) >= 11 is 5.86. The minimum absolute atomic E-state index is 0.0570. The Balaban J connectivity index is 2.22. The Kier molecular flexibility index (Phi) is 5.45. The third-order valence-corrected chi connectivity index (χ3v) is 3.66. The van der Waals surface area contributed by atoms with Crippen molar-refractivity contribution < 1.29 is 9.53 Å². The van der Waals surface area contributed by atoms with Gasteiger partial charge in [-0.05, 0) is 55.3 Å². The molecule has 2 N–H and O–H groups in total. The average Bonchev–Trinajstić information content (AvgIpc) is 2.49. The number of anilines is 1. The monoisotopic (exact) mass is 317 g/mol. The number of nitrogens with two attached hydrogens (primary N) is 1. The van der Waals surface area contributed by atoms with Crippen molar-refractivity contribution in [2.75, 3.05) is 5.73 Å². The van der Waals surface area contributed by atoms with Gasteiger partial charge in [-0.1, -0.05) is 31.0 Å². The van der Waals surface area contributed by atoms with Crippen molar-refractivity contribution in [1.29, 1.82) is 0 Å². The van der Waals surface area contributed by atoms with E-state index < -0.39 is 6.10 Å². The van der Waals surface area contributed by atoms with Gasteiger partial charge in [-0.15, -0.1) is 0 Å². The number of rotatable bonds is 6. The number of halogens is 1. The van der Waals surface area contributed by atoms with Crippen molar-refractivity contribution in [2.24, 2.45) is 0 Å². The molecule has 0 fully saturated rings. The molecule has 0 aliphatic carbocycles. The Morgan fingerprint density at radius 3 is 2.50 bits per heavy atom. The fourth-order valence-electron chi connectivity index (χ4n) is 2.23. The van der Waals surface area contributed by atoms with Crippen LogP contribution in [0.5, 0.6) is 5.75 Å². The van der Waals surface area contributed by atoms with Crippen LogP contribution >= 0.6 is 11.6 Å². The van der Waals surface area contributed by atoms with Crippen LogP contribution in [0.15, 0.2) is 42.5 Å². The van der Waals surface area contributed by atoms with E-state index in [-0.39, 0.29) is 5.78 Å². The minimum atomic E-state index is -0.545. The van der Waals surface area contributed by atoms with Gasteiger partial charge < -0.3 is 10.5 Å². The van der Waals surface area contributed by atoms with Gasteiger partial charge in [-0.25, -0.2) is 0 Å². The summed E-state index contributed by atoms with van der Waals surface area (Å²) in [5.41, 5.74) is 8.16. The summed E-state index contributed by atoms with van der Waals surface area (Å²) in [6.07, 6.45) is 0.932. The van der Waals surface area contributed by atoms with Crippen molar-refractivity contribution in [3.63, 3.8) is 0 Å². The molecule has 0 saturated carbocycles. The van der Waals surface area contributed by atoms with Crippen molar-refractivity contribution >= 4 is 23.1 Å². The molecule has 0 aliphatic heterocycles. The molecule has 2 aromatic carbocycles. The van der Waals surface area contributed by atoms with E-state index in [0.29, 0.717) is 28.4 Å². The Bertz CT molecular complexity index is 653. The van der Waals surface area contributed by atoms with E-state index in [1.807, 2.05) is 32.0 Å². The van der Waals surface area contributed by atoms with Crippen LogP contribution in [0.3, 0.4) is 0 Å². The Morgan fingerprint density at radius 1 is 1.23 bits per heavy atom. The summed E-state index contributed by atoms with van der Waals surface area (Å²) in [5.74, 6) is 0.491. The summed E-state index contributed by atoms with van der Waals surface area (Å²) in [4.78, 5) is 12.6. The molecule has 22 heavy (non-hydrogen) atoms. The predicted molar refractivity (Wildman–Crippen MR) is 90.7 cm³/mol. The van der Waals surface area contributed by atoms with E-state index >= 15 is 0 Å². The molecular weight excluding hydrogens is 298 g/mol. The summed E-state index contributed by atoms with van der Waals surface area (Å²) in [5, 5.41) is 0.604. The lowest BCUT2D eigenvalue weighted by molar-refractivity contribution is 0.0779. The molecule has 2 aromatic rings. The molecule has 0 bridgehead atoms. The van der Waals surface area contributed by atoms with Crippen molar-refractivity contribution in [3.05, 3.63) is 58.6 Å².